The third-order valence-corrected chi connectivity index (χ3v) is 6.54. The molecule has 1 N–H and O–H groups in total. The number of hydrogen-bond acceptors (Lipinski definition) is 4. The van der Waals surface area contributed by atoms with Gasteiger partial charge in [-0.1, -0.05) is 48.4 Å². The quantitative estimate of drug-likeness (QED) is 0.632. The number of anilines is 1. The molecule has 7 heteroatoms. The van der Waals surface area contributed by atoms with Crippen LogP contribution in [0.3, 0.4) is 0 Å². The van der Waals surface area contributed by atoms with Crippen molar-refractivity contribution in [1.29, 1.82) is 0 Å². The zero-order valence-corrected chi connectivity index (χ0v) is 16.0. The van der Waals surface area contributed by atoms with Crippen LogP contribution in [-0.4, -0.2) is 37.5 Å². The van der Waals surface area contributed by atoms with Crippen LogP contribution in [0.15, 0.2) is 53.4 Å². The van der Waals surface area contributed by atoms with Gasteiger partial charge in [0.2, 0.25) is 10.0 Å². The molecule has 3 rings (SSSR count). The van der Waals surface area contributed by atoms with Crippen molar-refractivity contribution in [2.24, 2.45) is 0 Å². The van der Waals surface area contributed by atoms with Crippen LogP contribution < -0.4 is 5.32 Å². The molecule has 6 nitrogen and oxygen atoms in total. The molecular weight excluding hydrogens is 364 g/mol. The fourth-order valence-electron chi connectivity index (χ4n) is 3.05. The van der Waals surface area contributed by atoms with Crippen LogP contribution in [0.25, 0.3) is 0 Å². The summed E-state index contributed by atoms with van der Waals surface area (Å²) in [4.78, 5) is 24.7. The van der Waals surface area contributed by atoms with E-state index in [4.69, 9.17) is 0 Å². The number of Topliss-reactive ketones (excluding diaryl/α,β-unsaturated/α-hetero) is 1. The first-order valence-corrected chi connectivity index (χ1v) is 10.3. The summed E-state index contributed by atoms with van der Waals surface area (Å²) in [6, 6.07) is 12.8. The van der Waals surface area contributed by atoms with Crippen molar-refractivity contribution in [3.05, 3.63) is 59.7 Å². The third kappa shape index (κ3) is 4.26. The van der Waals surface area contributed by atoms with Crippen molar-refractivity contribution in [2.75, 3.05) is 18.4 Å². The lowest BCUT2D eigenvalue weighted by atomic mass is 10.1. The minimum Gasteiger partial charge on any atom is -0.318 e. The van der Waals surface area contributed by atoms with Gasteiger partial charge >= 0.3 is 0 Å². The fourth-order valence-corrected chi connectivity index (χ4v) is 4.72. The van der Waals surface area contributed by atoms with Gasteiger partial charge in [-0.2, -0.15) is 4.31 Å². The zero-order valence-electron chi connectivity index (χ0n) is 15.1. The zero-order chi connectivity index (χ0) is 19.4. The van der Waals surface area contributed by atoms with Crippen molar-refractivity contribution in [2.45, 2.75) is 31.1 Å². The Morgan fingerprint density at radius 2 is 1.56 bits per heavy atom. The van der Waals surface area contributed by atoms with Crippen LogP contribution in [0.4, 0.5) is 5.69 Å². The summed E-state index contributed by atoms with van der Waals surface area (Å²) >= 11 is 0. The summed E-state index contributed by atoms with van der Waals surface area (Å²) in [5, 5.41) is 2.47. The highest BCUT2D eigenvalue weighted by Gasteiger charge is 2.29. The molecule has 0 aromatic heterocycles. The summed E-state index contributed by atoms with van der Waals surface area (Å²) < 4.78 is 27.3. The minimum absolute atomic E-state index is 0.0111. The molecule has 0 bridgehead atoms. The first-order chi connectivity index (χ1) is 12.9. The van der Waals surface area contributed by atoms with Crippen LogP contribution in [0, 0.1) is 6.92 Å². The second-order valence-corrected chi connectivity index (χ2v) is 8.52. The number of amides is 1. The van der Waals surface area contributed by atoms with Gasteiger partial charge in [0.25, 0.3) is 11.7 Å². The Bertz CT molecular complexity index is 946. The molecule has 1 amide bonds. The van der Waals surface area contributed by atoms with E-state index in [1.807, 2.05) is 6.92 Å². The molecule has 27 heavy (non-hydrogen) atoms. The van der Waals surface area contributed by atoms with E-state index < -0.39 is 21.7 Å². The third-order valence-electron chi connectivity index (χ3n) is 4.59. The molecule has 142 valence electrons. The van der Waals surface area contributed by atoms with Crippen molar-refractivity contribution < 1.29 is 18.0 Å². The summed E-state index contributed by atoms with van der Waals surface area (Å²) in [5.74, 6) is -1.57. The smallest absolute Gasteiger partial charge is 0.296 e. The maximum atomic E-state index is 13.0. The van der Waals surface area contributed by atoms with Gasteiger partial charge in [-0.25, -0.2) is 8.42 Å². The van der Waals surface area contributed by atoms with Crippen LogP contribution in [0.5, 0.6) is 0 Å². The Labute approximate surface area is 159 Å². The molecule has 2 aromatic rings. The molecule has 1 aliphatic rings. The summed E-state index contributed by atoms with van der Waals surface area (Å²) in [7, 11) is -3.73. The van der Waals surface area contributed by atoms with E-state index in [0.717, 1.165) is 24.8 Å². The number of para-hydroxylation sites is 1. The molecule has 0 radical (unpaired) electrons. The van der Waals surface area contributed by atoms with Gasteiger partial charge in [-0.3, -0.25) is 9.59 Å². The number of benzene rings is 2. The van der Waals surface area contributed by atoms with Gasteiger partial charge in [0.05, 0.1) is 5.69 Å². The number of nitrogens with one attached hydrogen (secondary N) is 1. The number of carbonyl (C=O) groups excluding carboxylic acids is 2. The molecule has 0 unspecified atom stereocenters. The summed E-state index contributed by atoms with van der Waals surface area (Å²) in [6.45, 7) is 2.82. The Hall–Kier alpha value is -2.51. The molecule has 2 aromatic carbocycles. The molecule has 0 aliphatic carbocycles. The predicted octanol–water partition coefficient (Wildman–Crippen LogP) is 2.99. The standard InChI is InChI=1S/C20H22N2O4S/c1-15-9-11-16(12-10-15)19(23)20(24)21-17-7-3-4-8-18(17)27(25,26)22-13-5-2-6-14-22/h3-4,7-12H,2,5-6,13-14H2,1H3,(H,21,24). The summed E-state index contributed by atoms with van der Waals surface area (Å²) in [6.07, 6.45) is 2.65. The van der Waals surface area contributed by atoms with Gasteiger partial charge in [-0.15, -0.1) is 0 Å². The van der Waals surface area contributed by atoms with E-state index in [1.54, 1.807) is 36.4 Å². The van der Waals surface area contributed by atoms with E-state index in [0.29, 0.717) is 13.1 Å². The van der Waals surface area contributed by atoms with Gasteiger partial charge in [0.1, 0.15) is 4.90 Å². The van der Waals surface area contributed by atoms with Gasteiger partial charge in [0, 0.05) is 18.7 Å². The second kappa shape index (κ2) is 8.02. The Balaban J connectivity index is 1.84. The Morgan fingerprint density at radius 3 is 2.22 bits per heavy atom. The lowest BCUT2D eigenvalue weighted by Gasteiger charge is -2.26. The molecule has 1 fully saturated rings. The van der Waals surface area contributed by atoms with E-state index in [1.165, 1.54) is 16.4 Å². The van der Waals surface area contributed by atoms with Crippen molar-refractivity contribution in [1.82, 2.24) is 4.31 Å². The van der Waals surface area contributed by atoms with E-state index in [-0.39, 0.29) is 16.1 Å². The van der Waals surface area contributed by atoms with Crippen molar-refractivity contribution >= 4 is 27.4 Å². The van der Waals surface area contributed by atoms with E-state index in [9.17, 15) is 18.0 Å². The second-order valence-electron chi connectivity index (χ2n) is 6.61. The van der Waals surface area contributed by atoms with Crippen LogP contribution in [-0.2, 0) is 14.8 Å². The Morgan fingerprint density at radius 1 is 0.926 bits per heavy atom. The highest BCUT2D eigenvalue weighted by molar-refractivity contribution is 7.89. The van der Waals surface area contributed by atoms with Crippen molar-refractivity contribution in [3.8, 4) is 0 Å². The van der Waals surface area contributed by atoms with Gasteiger partial charge in [-0.05, 0) is 31.9 Å². The SMILES string of the molecule is Cc1ccc(C(=O)C(=O)Nc2ccccc2S(=O)(=O)N2CCCCC2)cc1. The maximum Gasteiger partial charge on any atom is 0.296 e. The molecular formula is C20H22N2O4S. The number of sulfonamides is 1. The number of nitrogens with zero attached hydrogens (tertiary/aromatic N) is 1. The minimum atomic E-state index is -3.73. The molecule has 1 heterocycles. The van der Waals surface area contributed by atoms with Crippen molar-refractivity contribution in [3.63, 3.8) is 0 Å². The van der Waals surface area contributed by atoms with E-state index >= 15 is 0 Å². The average Bonchev–Trinajstić information content (AvgIpc) is 2.69. The number of aryl methyl sites for hydroxylation is 1. The van der Waals surface area contributed by atoms with Gasteiger partial charge < -0.3 is 5.32 Å². The highest BCUT2D eigenvalue weighted by atomic mass is 32.2. The number of hydrogen-bond donors (Lipinski definition) is 1. The molecule has 0 saturated carbocycles. The fraction of sp³-hybridized carbons (Fsp3) is 0.300. The molecule has 0 spiro atoms. The van der Waals surface area contributed by atoms with E-state index in [2.05, 4.69) is 5.32 Å². The first kappa shape index (κ1) is 19.3. The Kier molecular flexibility index (Phi) is 5.72. The van der Waals surface area contributed by atoms with Gasteiger partial charge in [0.15, 0.2) is 0 Å². The normalized spacial score (nSPS) is 15.3. The molecule has 1 aliphatic heterocycles. The highest BCUT2D eigenvalue weighted by Crippen LogP contribution is 2.27. The van der Waals surface area contributed by atoms with Crippen LogP contribution in [0.2, 0.25) is 0 Å². The van der Waals surface area contributed by atoms with Crippen LogP contribution in [0.1, 0.15) is 35.2 Å². The average molecular weight is 386 g/mol. The molecule has 0 atom stereocenters. The van der Waals surface area contributed by atoms with Crippen LogP contribution >= 0.6 is 0 Å². The maximum absolute atomic E-state index is 13.0. The monoisotopic (exact) mass is 386 g/mol. The lowest BCUT2D eigenvalue weighted by molar-refractivity contribution is -0.112. The number of rotatable bonds is 5. The topological polar surface area (TPSA) is 83.5 Å². The number of ketones is 1. The summed E-state index contributed by atoms with van der Waals surface area (Å²) in [5.41, 5.74) is 1.35. The molecule has 1 saturated heterocycles. The largest absolute Gasteiger partial charge is 0.318 e. The first-order valence-electron chi connectivity index (χ1n) is 8.91. The number of carbonyl (C=O) groups is 2. The predicted molar refractivity (Wildman–Crippen MR) is 103 cm³/mol. The lowest BCUT2D eigenvalue weighted by Crippen LogP contribution is -2.36. The number of piperidine rings is 1.